The van der Waals surface area contributed by atoms with Crippen molar-refractivity contribution in [3.63, 3.8) is 0 Å². The van der Waals surface area contributed by atoms with Crippen LogP contribution in [0, 0.1) is 0 Å². The summed E-state index contributed by atoms with van der Waals surface area (Å²) in [6.07, 6.45) is 1.18. The second-order valence-corrected chi connectivity index (χ2v) is 11.0. The molecule has 0 aromatic heterocycles. The first-order valence-corrected chi connectivity index (χ1v) is 8.86. The van der Waals surface area contributed by atoms with E-state index in [1.54, 1.807) is 0 Å². The largest absolute Gasteiger partial charge is 0.460 e. The molecule has 4 heteroatoms. The van der Waals surface area contributed by atoms with Crippen molar-refractivity contribution in [3.8, 4) is 0 Å². The Morgan fingerprint density at radius 2 is 1.50 bits per heavy atom. The number of esters is 1. The molecule has 0 fully saturated rings. The van der Waals surface area contributed by atoms with Crippen LogP contribution in [0.25, 0.3) is 0 Å². The van der Waals surface area contributed by atoms with Crippen molar-refractivity contribution < 1.29 is 14.0 Å². The highest BCUT2D eigenvalue weighted by Gasteiger charge is 2.44. The maximum Gasteiger partial charge on any atom is 0.330 e. The lowest BCUT2D eigenvalue weighted by Crippen LogP contribution is -2.48. The van der Waals surface area contributed by atoms with Gasteiger partial charge in [-0.25, -0.2) is 4.79 Å². The van der Waals surface area contributed by atoms with Crippen LogP contribution in [-0.4, -0.2) is 27.5 Å². The molecule has 0 spiro atoms. The molecule has 106 valence electrons. The van der Waals surface area contributed by atoms with Crippen LogP contribution in [0.5, 0.6) is 0 Å². The second kappa shape index (κ2) is 7.74. The summed E-state index contributed by atoms with van der Waals surface area (Å²) in [6, 6.07) is 0. The summed E-state index contributed by atoms with van der Waals surface area (Å²) in [5.74, 6) is -0.385. The molecule has 0 aromatic rings. The summed E-state index contributed by atoms with van der Waals surface area (Å²) in [5, 5.41) is 0. The van der Waals surface area contributed by atoms with Gasteiger partial charge in [0, 0.05) is 6.08 Å². The normalized spacial score (nSPS) is 12.3. The van der Waals surface area contributed by atoms with Gasteiger partial charge in [0.25, 0.3) is 0 Å². The van der Waals surface area contributed by atoms with Crippen LogP contribution in [0.1, 0.15) is 41.5 Å². The molecule has 0 radical (unpaired) electrons. The van der Waals surface area contributed by atoms with Crippen LogP contribution >= 0.6 is 0 Å². The zero-order valence-electron chi connectivity index (χ0n) is 12.7. The lowest BCUT2D eigenvalue weighted by molar-refractivity contribution is -0.138. The van der Waals surface area contributed by atoms with Crippen molar-refractivity contribution in [2.75, 3.05) is 13.2 Å². The Morgan fingerprint density at radius 1 is 1.06 bits per heavy atom. The third-order valence-corrected chi connectivity index (χ3v) is 9.67. The highest BCUT2D eigenvalue weighted by molar-refractivity contribution is 6.77. The van der Waals surface area contributed by atoms with Gasteiger partial charge in [0.05, 0.1) is 6.61 Å². The topological polar surface area (TPSA) is 35.5 Å². The van der Waals surface area contributed by atoms with E-state index in [-0.39, 0.29) is 5.97 Å². The minimum Gasteiger partial charge on any atom is -0.460 e. The third-order valence-electron chi connectivity index (χ3n) is 3.55. The molecule has 0 rings (SSSR count). The molecule has 0 unspecified atom stereocenters. The molecule has 0 aliphatic carbocycles. The Hall–Kier alpha value is -0.613. The van der Waals surface area contributed by atoms with Crippen molar-refractivity contribution in [3.05, 3.63) is 12.7 Å². The van der Waals surface area contributed by atoms with E-state index in [1.807, 2.05) is 0 Å². The minimum absolute atomic E-state index is 0.311. The number of ether oxygens (including phenoxy) is 1. The van der Waals surface area contributed by atoms with Gasteiger partial charge < -0.3 is 9.16 Å². The van der Waals surface area contributed by atoms with E-state index in [2.05, 4.69) is 48.1 Å². The van der Waals surface area contributed by atoms with Gasteiger partial charge in [0.15, 0.2) is 8.32 Å². The summed E-state index contributed by atoms with van der Waals surface area (Å²) >= 11 is 0. The first-order valence-electron chi connectivity index (χ1n) is 6.72. The van der Waals surface area contributed by atoms with Crippen LogP contribution < -0.4 is 0 Å². The lowest BCUT2D eigenvalue weighted by Gasteiger charge is -2.42. The molecule has 0 heterocycles. The van der Waals surface area contributed by atoms with Crippen molar-refractivity contribution in [2.45, 2.75) is 58.2 Å². The second-order valence-electron chi connectivity index (χ2n) is 5.54. The van der Waals surface area contributed by atoms with Crippen LogP contribution in [0.3, 0.4) is 0 Å². The molecule has 0 bridgehead atoms. The number of carbonyl (C=O) groups is 1. The van der Waals surface area contributed by atoms with Crippen molar-refractivity contribution in [1.82, 2.24) is 0 Å². The maximum atomic E-state index is 11.0. The van der Waals surface area contributed by atoms with E-state index in [9.17, 15) is 4.79 Å². The van der Waals surface area contributed by atoms with E-state index >= 15 is 0 Å². The zero-order valence-corrected chi connectivity index (χ0v) is 13.7. The van der Waals surface area contributed by atoms with Gasteiger partial charge in [-0.05, 0) is 16.6 Å². The van der Waals surface area contributed by atoms with Crippen molar-refractivity contribution in [2.24, 2.45) is 0 Å². The number of carbonyl (C=O) groups excluding carboxylic acids is 1. The number of hydrogen-bond acceptors (Lipinski definition) is 3. The Kier molecular flexibility index (Phi) is 7.48. The molecule has 0 aliphatic heterocycles. The molecule has 0 aromatic carbocycles. The van der Waals surface area contributed by atoms with Gasteiger partial charge >= 0.3 is 5.97 Å². The van der Waals surface area contributed by atoms with Gasteiger partial charge in [0.1, 0.15) is 6.61 Å². The fourth-order valence-electron chi connectivity index (χ4n) is 2.92. The van der Waals surface area contributed by atoms with Gasteiger partial charge in [0.2, 0.25) is 0 Å². The average molecular weight is 272 g/mol. The van der Waals surface area contributed by atoms with E-state index in [0.717, 1.165) is 0 Å². The van der Waals surface area contributed by atoms with Gasteiger partial charge in [-0.3, -0.25) is 0 Å². The van der Waals surface area contributed by atoms with E-state index in [0.29, 0.717) is 29.8 Å². The maximum absolute atomic E-state index is 11.0. The van der Waals surface area contributed by atoms with Gasteiger partial charge in [-0.2, -0.15) is 0 Å². The molecule has 18 heavy (non-hydrogen) atoms. The van der Waals surface area contributed by atoms with Gasteiger partial charge in [-0.15, -0.1) is 0 Å². The molecule has 0 saturated carbocycles. The molecule has 3 nitrogen and oxygen atoms in total. The van der Waals surface area contributed by atoms with Crippen LogP contribution in [0.2, 0.25) is 16.6 Å². The number of hydrogen-bond donors (Lipinski definition) is 0. The molecular formula is C14H28O3Si. The fraction of sp³-hybridized carbons (Fsp3) is 0.786. The Bertz CT molecular complexity index is 250. The summed E-state index contributed by atoms with van der Waals surface area (Å²) in [6.45, 7) is 17.6. The molecule has 0 N–H and O–H groups in total. The smallest absolute Gasteiger partial charge is 0.330 e. The van der Waals surface area contributed by atoms with Crippen LogP contribution in [0.15, 0.2) is 12.7 Å². The summed E-state index contributed by atoms with van der Waals surface area (Å²) < 4.78 is 11.2. The predicted octanol–water partition coefficient (Wildman–Crippen LogP) is 3.91. The highest BCUT2D eigenvalue weighted by Crippen LogP contribution is 2.42. The number of rotatable bonds is 8. The van der Waals surface area contributed by atoms with E-state index in [1.165, 1.54) is 6.08 Å². The molecule has 0 aliphatic rings. The summed E-state index contributed by atoms with van der Waals surface area (Å²) in [4.78, 5) is 11.0. The Balaban J connectivity index is 4.52. The molecule has 0 atom stereocenters. The first-order chi connectivity index (χ1) is 8.28. The van der Waals surface area contributed by atoms with E-state index < -0.39 is 8.32 Å². The quantitative estimate of drug-likeness (QED) is 0.291. The Labute approximate surface area is 113 Å². The van der Waals surface area contributed by atoms with Crippen LogP contribution in [-0.2, 0) is 14.0 Å². The molecule has 0 saturated heterocycles. The van der Waals surface area contributed by atoms with Crippen molar-refractivity contribution >= 4 is 14.3 Å². The summed E-state index contributed by atoms with van der Waals surface area (Å²) in [7, 11) is -1.83. The SMILES string of the molecule is C=CC(=O)OCCO[Si](C(C)C)(C(C)C)C(C)C. The standard InChI is InChI=1S/C14H28O3Si/c1-8-14(15)16-9-10-17-18(11(2)3,12(4)5)13(6)7/h8,11-13H,1,9-10H2,2-7H3. The molecule has 0 amide bonds. The summed E-state index contributed by atoms with van der Waals surface area (Å²) in [5.41, 5.74) is 1.65. The van der Waals surface area contributed by atoms with Crippen LogP contribution in [0.4, 0.5) is 0 Å². The highest BCUT2D eigenvalue weighted by atomic mass is 28.4. The van der Waals surface area contributed by atoms with Gasteiger partial charge in [-0.1, -0.05) is 48.1 Å². The van der Waals surface area contributed by atoms with E-state index in [4.69, 9.17) is 9.16 Å². The average Bonchev–Trinajstić information content (AvgIpc) is 2.27. The van der Waals surface area contributed by atoms with Crippen molar-refractivity contribution in [1.29, 1.82) is 0 Å². The monoisotopic (exact) mass is 272 g/mol. The lowest BCUT2D eigenvalue weighted by atomic mass is 10.5. The molecular weight excluding hydrogens is 244 g/mol. The third kappa shape index (κ3) is 4.25. The zero-order chi connectivity index (χ0) is 14.3. The fourth-order valence-corrected chi connectivity index (χ4v) is 8.36. The first kappa shape index (κ1) is 17.4. The Morgan fingerprint density at radius 3 is 1.83 bits per heavy atom. The minimum atomic E-state index is -1.83. The predicted molar refractivity (Wildman–Crippen MR) is 78.2 cm³/mol.